The second-order valence-electron chi connectivity index (χ2n) is 11.1. The lowest BCUT2D eigenvalue weighted by molar-refractivity contribution is -0.143. The molecule has 1 N–H and O–H groups in total. The number of rotatable bonds is 15. The first-order valence-corrected chi connectivity index (χ1v) is 14.4. The standard InChI is InChI=1S/C30H44N4O5/c1-4-5-15-33(16-7-6-14-32(2)3)28(35)21-34-20-24(22-8-10-26-23(19-22)12-17-38-26)29(30(36)37)25(34)9-11-27-31-13-18-39-27/h8,10,13,18-19,24-25,29H,4-7,9,11-12,14-17,20-21H2,1-3H3,(H,36,37). The lowest BCUT2D eigenvalue weighted by Crippen LogP contribution is -2.45. The fourth-order valence-electron chi connectivity index (χ4n) is 5.99. The molecule has 0 radical (unpaired) electrons. The number of nitrogens with zero attached hydrogens (tertiary/aromatic N) is 4. The maximum Gasteiger partial charge on any atom is 0.308 e. The SMILES string of the molecule is CCCCN(CCCCN(C)C)C(=O)CN1CC(c2ccc3c(c2)CCO3)C(C(=O)O)C1CCc1ncco1. The largest absolute Gasteiger partial charge is 0.493 e. The molecular formula is C30H44N4O5. The summed E-state index contributed by atoms with van der Waals surface area (Å²) in [4.78, 5) is 36.9. The van der Waals surface area contributed by atoms with Crippen LogP contribution in [0.5, 0.6) is 5.75 Å². The van der Waals surface area contributed by atoms with Crippen molar-refractivity contribution in [2.75, 3.05) is 53.4 Å². The van der Waals surface area contributed by atoms with Crippen LogP contribution in [-0.4, -0.2) is 96.1 Å². The number of hydrogen-bond acceptors (Lipinski definition) is 7. The number of hydrogen-bond donors (Lipinski definition) is 1. The zero-order chi connectivity index (χ0) is 27.8. The third-order valence-corrected chi connectivity index (χ3v) is 8.07. The zero-order valence-corrected chi connectivity index (χ0v) is 23.7. The van der Waals surface area contributed by atoms with Crippen LogP contribution in [0.2, 0.25) is 0 Å². The van der Waals surface area contributed by atoms with Gasteiger partial charge in [-0.1, -0.05) is 25.5 Å². The van der Waals surface area contributed by atoms with E-state index in [0.717, 1.165) is 68.6 Å². The molecule has 3 unspecified atom stereocenters. The molecule has 0 aliphatic carbocycles. The number of aromatic nitrogens is 1. The number of amides is 1. The number of oxazole rings is 1. The fraction of sp³-hybridized carbons (Fsp3) is 0.633. The van der Waals surface area contributed by atoms with Crippen molar-refractivity contribution >= 4 is 11.9 Å². The van der Waals surface area contributed by atoms with E-state index in [2.05, 4.69) is 41.9 Å². The number of carbonyl (C=O) groups excluding carboxylic acids is 1. The summed E-state index contributed by atoms with van der Waals surface area (Å²) in [6.07, 6.45) is 9.06. The van der Waals surface area contributed by atoms with E-state index in [9.17, 15) is 14.7 Å². The van der Waals surface area contributed by atoms with Gasteiger partial charge < -0.3 is 24.1 Å². The average Bonchev–Trinajstić information content (AvgIpc) is 3.66. The predicted octanol–water partition coefficient (Wildman–Crippen LogP) is 3.68. The van der Waals surface area contributed by atoms with Crippen molar-refractivity contribution in [2.24, 2.45) is 5.92 Å². The van der Waals surface area contributed by atoms with Crippen molar-refractivity contribution in [2.45, 2.75) is 63.8 Å². The lowest BCUT2D eigenvalue weighted by Gasteiger charge is -2.29. The molecule has 1 fully saturated rings. The quantitative estimate of drug-likeness (QED) is 0.342. The van der Waals surface area contributed by atoms with Crippen LogP contribution >= 0.6 is 0 Å². The first kappa shape index (κ1) is 29.1. The van der Waals surface area contributed by atoms with Gasteiger partial charge in [0.25, 0.3) is 0 Å². The van der Waals surface area contributed by atoms with Crippen molar-refractivity contribution in [1.29, 1.82) is 0 Å². The molecule has 1 amide bonds. The van der Waals surface area contributed by atoms with Crippen LogP contribution in [0.3, 0.4) is 0 Å². The van der Waals surface area contributed by atoms with Gasteiger partial charge in [-0.3, -0.25) is 14.5 Å². The van der Waals surface area contributed by atoms with Gasteiger partial charge >= 0.3 is 5.97 Å². The monoisotopic (exact) mass is 540 g/mol. The summed E-state index contributed by atoms with van der Waals surface area (Å²) in [6, 6.07) is 5.78. The molecular weight excluding hydrogens is 496 g/mol. The highest BCUT2D eigenvalue weighted by Crippen LogP contribution is 2.41. The van der Waals surface area contributed by atoms with Gasteiger partial charge in [0.1, 0.15) is 12.0 Å². The fourth-order valence-corrected chi connectivity index (χ4v) is 5.99. The first-order valence-electron chi connectivity index (χ1n) is 14.4. The van der Waals surface area contributed by atoms with Gasteiger partial charge in [0.05, 0.1) is 25.3 Å². The Morgan fingerprint density at radius 2 is 1.95 bits per heavy atom. The third kappa shape index (κ3) is 7.60. The molecule has 2 aromatic rings. The van der Waals surface area contributed by atoms with Crippen molar-refractivity contribution in [1.82, 2.24) is 19.7 Å². The Morgan fingerprint density at radius 1 is 1.15 bits per heavy atom. The summed E-state index contributed by atoms with van der Waals surface area (Å²) in [6.45, 7) is 6.02. The van der Waals surface area contributed by atoms with E-state index in [4.69, 9.17) is 9.15 Å². The number of benzene rings is 1. The van der Waals surface area contributed by atoms with Gasteiger partial charge in [-0.15, -0.1) is 0 Å². The summed E-state index contributed by atoms with van der Waals surface area (Å²) in [5.74, 6) is -0.0969. The van der Waals surface area contributed by atoms with E-state index < -0.39 is 11.9 Å². The van der Waals surface area contributed by atoms with Crippen molar-refractivity contribution < 1.29 is 23.8 Å². The van der Waals surface area contributed by atoms with Crippen molar-refractivity contribution in [3.63, 3.8) is 0 Å². The number of carbonyl (C=O) groups is 2. The van der Waals surface area contributed by atoms with Crippen LogP contribution in [0.25, 0.3) is 0 Å². The van der Waals surface area contributed by atoms with E-state index in [1.165, 1.54) is 6.26 Å². The molecule has 0 saturated carbocycles. The van der Waals surface area contributed by atoms with E-state index in [1.807, 2.05) is 17.0 Å². The van der Waals surface area contributed by atoms with Crippen LogP contribution in [0.4, 0.5) is 0 Å². The molecule has 1 aromatic carbocycles. The number of fused-ring (bicyclic) bond motifs is 1. The normalized spacial score (nSPS) is 20.8. The number of aryl methyl sites for hydroxylation is 1. The topological polar surface area (TPSA) is 99.3 Å². The van der Waals surface area contributed by atoms with Crippen LogP contribution in [-0.2, 0) is 22.4 Å². The molecule has 214 valence electrons. The minimum absolute atomic E-state index is 0.0848. The maximum absolute atomic E-state index is 13.7. The van der Waals surface area contributed by atoms with Crippen LogP contribution in [0.1, 0.15) is 62.0 Å². The van der Waals surface area contributed by atoms with E-state index in [0.29, 0.717) is 31.9 Å². The summed E-state index contributed by atoms with van der Waals surface area (Å²) < 4.78 is 11.1. The average molecular weight is 541 g/mol. The molecule has 1 saturated heterocycles. The molecule has 2 aliphatic heterocycles. The summed E-state index contributed by atoms with van der Waals surface area (Å²) in [5.41, 5.74) is 2.14. The molecule has 3 atom stereocenters. The van der Waals surface area contributed by atoms with Crippen LogP contribution < -0.4 is 4.74 Å². The van der Waals surface area contributed by atoms with Gasteiger partial charge in [0.15, 0.2) is 5.89 Å². The molecule has 2 aliphatic rings. The number of aliphatic carboxylic acids is 1. The molecule has 9 heteroatoms. The van der Waals surface area contributed by atoms with E-state index >= 15 is 0 Å². The Kier molecular flexibility index (Phi) is 10.4. The Labute approximate surface area is 232 Å². The summed E-state index contributed by atoms with van der Waals surface area (Å²) in [7, 11) is 4.13. The van der Waals surface area contributed by atoms with Gasteiger partial charge in [0.2, 0.25) is 5.91 Å². The highest BCUT2D eigenvalue weighted by atomic mass is 16.5. The van der Waals surface area contributed by atoms with Gasteiger partial charge in [-0.25, -0.2) is 4.98 Å². The second kappa shape index (κ2) is 13.9. The number of carboxylic acids is 1. The van der Waals surface area contributed by atoms with Crippen LogP contribution in [0.15, 0.2) is 35.1 Å². The number of unbranched alkanes of at least 4 members (excludes halogenated alkanes) is 2. The Hall–Kier alpha value is -2.91. The Balaban J connectivity index is 1.53. The van der Waals surface area contributed by atoms with Crippen molar-refractivity contribution in [3.05, 3.63) is 47.7 Å². The highest BCUT2D eigenvalue weighted by Gasteiger charge is 2.47. The van der Waals surface area contributed by atoms with Gasteiger partial charge in [-0.2, -0.15) is 0 Å². The van der Waals surface area contributed by atoms with E-state index in [-0.39, 0.29) is 24.4 Å². The van der Waals surface area contributed by atoms with Gasteiger partial charge in [-0.05, 0) is 63.5 Å². The second-order valence-corrected chi connectivity index (χ2v) is 11.1. The predicted molar refractivity (Wildman–Crippen MR) is 149 cm³/mol. The molecule has 0 bridgehead atoms. The third-order valence-electron chi connectivity index (χ3n) is 8.07. The van der Waals surface area contributed by atoms with Crippen LogP contribution in [0, 0.1) is 5.92 Å². The minimum Gasteiger partial charge on any atom is -0.493 e. The molecule has 9 nitrogen and oxygen atoms in total. The van der Waals surface area contributed by atoms with Gasteiger partial charge in [0, 0.05) is 44.4 Å². The minimum atomic E-state index is -0.823. The highest BCUT2D eigenvalue weighted by molar-refractivity contribution is 5.79. The first-order chi connectivity index (χ1) is 18.9. The molecule has 4 rings (SSSR count). The van der Waals surface area contributed by atoms with E-state index in [1.54, 1.807) is 6.20 Å². The number of likely N-dealkylation sites (tertiary alicyclic amines) is 1. The number of carboxylic acid groups (broad SMARTS) is 1. The lowest BCUT2D eigenvalue weighted by atomic mass is 9.83. The Bertz CT molecular complexity index is 1070. The van der Waals surface area contributed by atoms with Crippen molar-refractivity contribution in [3.8, 4) is 5.75 Å². The molecule has 0 spiro atoms. The molecule has 1 aromatic heterocycles. The summed E-state index contributed by atoms with van der Waals surface area (Å²) in [5, 5.41) is 10.4. The number of ether oxygens (including phenoxy) is 1. The summed E-state index contributed by atoms with van der Waals surface area (Å²) >= 11 is 0. The molecule has 3 heterocycles. The zero-order valence-electron chi connectivity index (χ0n) is 23.7. The smallest absolute Gasteiger partial charge is 0.308 e. The maximum atomic E-state index is 13.7. The Morgan fingerprint density at radius 3 is 2.67 bits per heavy atom. The molecule has 39 heavy (non-hydrogen) atoms.